The minimum atomic E-state index is -0.259. The van der Waals surface area contributed by atoms with Crippen LogP contribution in [0.15, 0.2) is 81.1 Å². The Balaban J connectivity index is 1.28. The number of fused-ring (bicyclic) bond motifs is 3. The van der Waals surface area contributed by atoms with Gasteiger partial charge in [0.2, 0.25) is 0 Å². The van der Waals surface area contributed by atoms with Crippen LogP contribution in [0.2, 0.25) is 0 Å². The number of hydrogen-bond acceptors (Lipinski definition) is 6. The standard InChI is InChI=1S/C30H27N3O3S2/c1-19-9-5-7-13-23(19)33-29(35)26-22-12-6-8-14-25(22)38-28(26)32-30(33)37-18-21-15-16-24(36-21)27(34)31-17-20-10-3-2-4-11-20/h2-5,7,9-11,13,15-16H,6,8,12,14,17-18H2,1H3,(H,31,34). The summed E-state index contributed by atoms with van der Waals surface area (Å²) in [4.78, 5) is 33.7. The molecule has 1 aliphatic rings. The van der Waals surface area contributed by atoms with Crippen molar-refractivity contribution in [3.05, 3.63) is 110 Å². The maximum Gasteiger partial charge on any atom is 0.287 e. The number of rotatable bonds is 7. The number of aryl methyl sites for hydroxylation is 3. The Morgan fingerprint density at radius 3 is 2.68 bits per heavy atom. The number of furan rings is 1. The number of aromatic nitrogens is 2. The van der Waals surface area contributed by atoms with Crippen molar-refractivity contribution in [3.63, 3.8) is 0 Å². The summed E-state index contributed by atoms with van der Waals surface area (Å²) < 4.78 is 7.61. The number of thioether (sulfide) groups is 1. The van der Waals surface area contributed by atoms with Crippen molar-refractivity contribution in [2.45, 2.75) is 50.1 Å². The summed E-state index contributed by atoms with van der Waals surface area (Å²) in [5, 5.41) is 4.29. The van der Waals surface area contributed by atoms with Crippen LogP contribution in [-0.4, -0.2) is 15.5 Å². The van der Waals surface area contributed by atoms with Crippen molar-refractivity contribution in [1.82, 2.24) is 14.9 Å². The number of carbonyl (C=O) groups is 1. The molecule has 3 heterocycles. The second-order valence-electron chi connectivity index (χ2n) is 9.44. The van der Waals surface area contributed by atoms with Gasteiger partial charge in [-0.3, -0.25) is 14.2 Å². The molecule has 5 aromatic rings. The summed E-state index contributed by atoms with van der Waals surface area (Å²) >= 11 is 3.10. The van der Waals surface area contributed by atoms with Gasteiger partial charge in [0.1, 0.15) is 10.6 Å². The molecule has 1 N–H and O–H groups in total. The molecule has 0 radical (unpaired) electrons. The van der Waals surface area contributed by atoms with Crippen LogP contribution in [0.25, 0.3) is 15.9 Å². The molecule has 0 bridgehead atoms. The van der Waals surface area contributed by atoms with Crippen molar-refractivity contribution in [2.75, 3.05) is 0 Å². The highest BCUT2D eigenvalue weighted by Crippen LogP contribution is 2.36. The highest BCUT2D eigenvalue weighted by atomic mass is 32.2. The third-order valence-corrected chi connectivity index (χ3v) is 8.99. The SMILES string of the molecule is Cc1ccccc1-n1c(SCc2ccc(C(=O)NCc3ccccc3)o2)nc2sc3c(c2c1=O)CCCC3. The molecule has 0 spiro atoms. The van der Waals surface area contributed by atoms with E-state index in [9.17, 15) is 9.59 Å². The highest BCUT2D eigenvalue weighted by Gasteiger charge is 2.23. The van der Waals surface area contributed by atoms with Crippen molar-refractivity contribution in [1.29, 1.82) is 0 Å². The predicted molar refractivity (Wildman–Crippen MR) is 152 cm³/mol. The van der Waals surface area contributed by atoms with Gasteiger partial charge >= 0.3 is 0 Å². The molecule has 6 rings (SSSR count). The number of benzene rings is 2. The zero-order chi connectivity index (χ0) is 26.1. The van der Waals surface area contributed by atoms with Gasteiger partial charge in [-0.05, 0) is 67.5 Å². The highest BCUT2D eigenvalue weighted by molar-refractivity contribution is 7.98. The first kappa shape index (κ1) is 24.7. The number of para-hydroxylation sites is 1. The Bertz CT molecular complexity index is 1680. The van der Waals surface area contributed by atoms with Crippen molar-refractivity contribution >= 4 is 39.2 Å². The van der Waals surface area contributed by atoms with Gasteiger partial charge in [0.25, 0.3) is 11.5 Å². The second-order valence-corrected chi connectivity index (χ2v) is 11.5. The van der Waals surface area contributed by atoms with E-state index in [1.54, 1.807) is 22.0 Å². The van der Waals surface area contributed by atoms with Crippen LogP contribution in [0.1, 0.15) is 50.7 Å². The van der Waals surface area contributed by atoms with Gasteiger partial charge in [-0.15, -0.1) is 11.3 Å². The second kappa shape index (κ2) is 10.6. The van der Waals surface area contributed by atoms with Crippen LogP contribution in [0.3, 0.4) is 0 Å². The smallest absolute Gasteiger partial charge is 0.287 e. The van der Waals surface area contributed by atoms with Crippen molar-refractivity contribution in [2.24, 2.45) is 0 Å². The first-order valence-corrected chi connectivity index (χ1v) is 14.6. The lowest BCUT2D eigenvalue weighted by molar-refractivity contribution is 0.0921. The van der Waals surface area contributed by atoms with Crippen LogP contribution in [0.5, 0.6) is 0 Å². The topological polar surface area (TPSA) is 77.1 Å². The molecular formula is C30H27N3O3S2. The summed E-state index contributed by atoms with van der Waals surface area (Å²) in [5.74, 6) is 1.10. The monoisotopic (exact) mass is 541 g/mol. The molecule has 0 fully saturated rings. The van der Waals surface area contributed by atoms with Crippen molar-refractivity contribution in [3.8, 4) is 5.69 Å². The molecule has 1 amide bonds. The Hall–Kier alpha value is -3.62. The zero-order valence-corrected chi connectivity index (χ0v) is 22.7. The molecule has 0 aliphatic heterocycles. The molecular weight excluding hydrogens is 514 g/mol. The fraction of sp³-hybridized carbons (Fsp3) is 0.233. The average molecular weight is 542 g/mol. The van der Waals surface area contributed by atoms with Crippen LogP contribution < -0.4 is 10.9 Å². The third-order valence-electron chi connectivity index (χ3n) is 6.84. The summed E-state index contributed by atoms with van der Waals surface area (Å²) in [6.07, 6.45) is 4.23. The molecule has 2 aromatic carbocycles. The van der Waals surface area contributed by atoms with E-state index in [4.69, 9.17) is 9.40 Å². The van der Waals surface area contributed by atoms with E-state index in [0.29, 0.717) is 23.2 Å². The lowest BCUT2D eigenvalue weighted by atomic mass is 9.97. The normalized spacial score (nSPS) is 13.0. The van der Waals surface area contributed by atoms with E-state index in [1.807, 2.05) is 67.6 Å². The number of carbonyl (C=O) groups excluding carboxylic acids is 1. The maximum absolute atomic E-state index is 14.0. The third kappa shape index (κ3) is 4.81. The number of hydrogen-bond donors (Lipinski definition) is 1. The lowest BCUT2D eigenvalue weighted by Gasteiger charge is -2.15. The van der Waals surface area contributed by atoms with Gasteiger partial charge in [0.15, 0.2) is 10.9 Å². The molecule has 0 unspecified atom stereocenters. The van der Waals surface area contributed by atoms with E-state index in [0.717, 1.165) is 52.7 Å². The minimum absolute atomic E-state index is 0.00776. The fourth-order valence-electron chi connectivity index (χ4n) is 4.89. The maximum atomic E-state index is 14.0. The van der Waals surface area contributed by atoms with E-state index < -0.39 is 0 Å². The number of thiophene rings is 1. The Morgan fingerprint density at radius 1 is 1.05 bits per heavy atom. The Labute approximate surface area is 228 Å². The molecule has 6 nitrogen and oxygen atoms in total. The van der Waals surface area contributed by atoms with E-state index >= 15 is 0 Å². The summed E-state index contributed by atoms with van der Waals surface area (Å²) in [6, 6.07) is 21.2. The predicted octanol–water partition coefficient (Wildman–Crippen LogP) is 6.45. The summed E-state index contributed by atoms with van der Waals surface area (Å²) in [5.41, 5.74) is 4.05. The van der Waals surface area contributed by atoms with E-state index in [-0.39, 0.29) is 17.2 Å². The van der Waals surface area contributed by atoms with Crippen LogP contribution in [0, 0.1) is 6.92 Å². The van der Waals surface area contributed by atoms with Gasteiger partial charge in [0, 0.05) is 11.4 Å². The van der Waals surface area contributed by atoms with Gasteiger partial charge in [-0.2, -0.15) is 0 Å². The Morgan fingerprint density at radius 2 is 1.84 bits per heavy atom. The fourth-order valence-corrected chi connectivity index (χ4v) is 7.09. The van der Waals surface area contributed by atoms with Crippen LogP contribution >= 0.6 is 23.1 Å². The van der Waals surface area contributed by atoms with Gasteiger partial charge in [0.05, 0.1) is 16.8 Å². The quantitative estimate of drug-likeness (QED) is 0.189. The first-order chi connectivity index (χ1) is 18.6. The van der Waals surface area contributed by atoms with E-state index in [1.165, 1.54) is 22.2 Å². The van der Waals surface area contributed by atoms with Crippen LogP contribution in [-0.2, 0) is 25.1 Å². The molecule has 3 aromatic heterocycles. The van der Waals surface area contributed by atoms with Crippen molar-refractivity contribution < 1.29 is 9.21 Å². The summed E-state index contributed by atoms with van der Waals surface area (Å²) in [7, 11) is 0. The van der Waals surface area contributed by atoms with Gasteiger partial charge in [-0.25, -0.2) is 4.98 Å². The average Bonchev–Trinajstić information content (AvgIpc) is 3.57. The van der Waals surface area contributed by atoms with E-state index in [2.05, 4.69) is 5.32 Å². The number of amides is 1. The zero-order valence-electron chi connectivity index (χ0n) is 21.0. The van der Waals surface area contributed by atoms with Gasteiger partial charge < -0.3 is 9.73 Å². The van der Waals surface area contributed by atoms with Crippen LogP contribution in [0.4, 0.5) is 0 Å². The summed E-state index contributed by atoms with van der Waals surface area (Å²) in [6.45, 7) is 2.44. The molecule has 0 atom stereocenters. The number of nitrogens with zero attached hydrogens (tertiary/aromatic N) is 2. The minimum Gasteiger partial charge on any atom is -0.455 e. The molecule has 192 valence electrons. The largest absolute Gasteiger partial charge is 0.455 e. The molecule has 0 saturated heterocycles. The van der Waals surface area contributed by atoms with Gasteiger partial charge in [-0.1, -0.05) is 60.3 Å². The molecule has 1 aliphatic carbocycles. The first-order valence-electron chi connectivity index (χ1n) is 12.8. The lowest BCUT2D eigenvalue weighted by Crippen LogP contribution is -2.23. The Kier molecular flexibility index (Phi) is 6.91. The molecule has 0 saturated carbocycles. The number of nitrogens with one attached hydrogen (secondary N) is 1. The molecule has 8 heteroatoms. The molecule has 38 heavy (non-hydrogen) atoms.